The predicted molar refractivity (Wildman–Crippen MR) is 139 cm³/mol. The molecular formula is C28H29F3N4O2S. The van der Waals surface area contributed by atoms with Gasteiger partial charge in [-0.25, -0.2) is 13.4 Å². The van der Waals surface area contributed by atoms with Crippen LogP contribution in [0.4, 0.5) is 30.2 Å². The number of anilines is 3. The van der Waals surface area contributed by atoms with Gasteiger partial charge in [-0.2, -0.15) is 13.2 Å². The van der Waals surface area contributed by atoms with Crippen LogP contribution in [0.5, 0.6) is 0 Å². The van der Waals surface area contributed by atoms with E-state index < -0.39 is 21.7 Å². The Morgan fingerprint density at radius 2 is 1.58 bits per heavy atom. The van der Waals surface area contributed by atoms with Gasteiger partial charge in [0.15, 0.2) is 9.84 Å². The number of hydrogen-bond acceptors (Lipinski definition) is 6. The van der Waals surface area contributed by atoms with Gasteiger partial charge in [0.2, 0.25) is 0 Å². The molecule has 1 saturated heterocycles. The molecule has 3 aliphatic rings. The van der Waals surface area contributed by atoms with E-state index in [9.17, 15) is 21.6 Å². The Balaban J connectivity index is 1.24. The lowest BCUT2D eigenvalue weighted by molar-refractivity contribution is -0.141. The van der Waals surface area contributed by atoms with Crippen molar-refractivity contribution in [1.82, 2.24) is 9.97 Å². The summed E-state index contributed by atoms with van der Waals surface area (Å²) in [5.74, 6) is 0.448. The summed E-state index contributed by atoms with van der Waals surface area (Å²) in [4.78, 5) is 12.8. The summed E-state index contributed by atoms with van der Waals surface area (Å²) in [5, 5.41) is -0.234. The molecule has 3 fully saturated rings. The van der Waals surface area contributed by atoms with E-state index in [0.717, 1.165) is 69.1 Å². The van der Waals surface area contributed by atoms with Gasteiger partial charge < -0.3 is 9.80 Å². The maximum absolute atomic E-state index is 13.2. The third-order valence-electron chi connectivity index (χ3n) is 7.75. The van der Waals surface area contributed by atoms with Crippen LogP contribution in [0.1, 0.15) is 55.7 Å². The van der Waals surface area contributed by atoms with Crippen molar-refractivity contribution in [3.8, 4) is 0 Å². The van der Waals surface area contributed by atoms with E-state index in [2.05, 4.69) is 19.8 Å². The molecule has 1 aromatic carbocycles. The zero-order valence-electron chi connectivity index (χ0n) is 20.8. The fraction of sp³-hybridized carbons (Fsp3) is 0.429. The smallest absolute Gasteiger partial charge is 0.371 e. The molecule has 10 heteroatoms. The maximum Gasteiger partial charge on any atom is 0.433 e. The van der Waals surface area contributed by atoms with Crippen molar-refractivity contribution in [3.05, 3.63) is 72.3 Å². The number of alkyl halides is 3. The second kappa shape index (κ2) is 9.55. The molecule has 0 radical (unpaired) electrons. The molecule has 2 saturated carbocycles. The van der Waals surface area contributed by atoms with Gasteiger partial charge in [0, 0.05) is 31.0 Å². The number of halogens is 3. The van der Waals surface area contributed by atoms with Crippen LogP contribution in [0.25, 0.3) is 0 Å². The first kappa shape index (κ1) is 25.2. The molecule has 2 aromatic heterocycles. The highest BCUT2D eigenvalue weighted by atomic mass is 32.2. The summed E-state index contributed by atoms with van der Waals surface area (Å²) in [6.07, 6.45) is 5.65. The van der Waals surface area contributed by atoms with Crippen LogP contribution in [-0.4, -0.2) is 42.8 Å². The maximum atomic E-state index is 13.2. The summed E-state index contributed by atoms with van der Waals surface area (Å²) in [6, 6.07) is 11.8. The van der Waals surface area contributed by atoms with E-state index in [1.54, 1.807) is 18.3 Å². The number of aromatic nitrogens is 2. The van der Waals surface area contributed by atoms with E-state index in [1.165, 1.54) is 17.8 Å². The highest BCUT2D eigenvalue weighted by Gasteiger charge is 2.37. The molecule has 0 atom stereocenters. The van der Waals surface area contributed by atoms with Crippen molar-refractivity contribution in [2.45, 2.75) is 66.8 Å². The van der Waals surface area contributed by atoms with Crippen LogP contribution in [-0.2, 0) is 16.0 Å². The molecule has 1 aliphatic heterocycles. The van der Waals surface area contributed by atoms with Gasteiger partial charge in [0.25, 0.3) is 0 Å². The third-order valence-corrected chi connectivity index (χ3v) is 10.0. The molecule has 2 aliphatic carbocycles. The van der Waals surface area contributed by atoms with Crippen molar-refractivity contribution in [2.24, 2.45) is 0 Å². The quantitative estimate of drug-likeness (QED) is 0.359. The summed E-state index contributed by atoms with van der Waals surface area (Å²) in [6.45, 7) is 1.48. The van der Waals surface area contributed by atoms with E-state index in [1.807, 2.05) is 24.4 Å². The van der Waals surface area contributed by atoms with E-state index >= 15 is 0 Å². The average molecular weight is 543 g/mol. The molecule has 6 nitrogen and oxygen atoms in total. The Bertz CT molecular complexity index is 1400. The first-order valence-corrected chi connectivity index (χ1v) is 14.6. The van der Waals surface area contributed by atoms with Gasteiger partial charge in [-0.15, -0.1) is 0 Å². The minimum atomic E-state index is -4.49. The van der Waals surface area contributed by atoms with Gasteiger partial charge in [0.1, 0.15) is 5.69 Å². The van der Waals surface area contributed by atoms with Crippen molar-refractivity contribution in [3.63, 3.8) is 0 Å². The fourth-order valence-corrected chi connectivity index (χ4v) is 7.04. The Morgan fingerprint density at radius 1 is 0.868 bits per heavy atom. The normalized spacial score (nSPS) is 19.0. The molecule has 6 rings (SSSR count). The summed E-state index contributed by atoms with van der Waals surface area (Å²) < 4.78 is 64.6. The predicted octanol–water partition coefficient (Wildman–Crippen LogP) is 6.12. The van der Waals surface area contributed by atoms with Crippen molar-refractivity contribution >= 4 is 26.9 Å². The largest absolute Gasteiger partial charge is 0.433 e. The van der Waals surface area contributed by atoms with Crippen LogP contribution < -0.4 is 9.80 Å². The highest BCUT2D eigenvalue weighted by molar-refractivity contribution is 7.92. The van der Waals surface area contributed by atoms with Gasteiger partial charge in [-0.3, -0.25) is 4.98 Å². The average Bonchev–Trinajstić information content (AvgIpc) is 3.83. The van der Waals surface area contributed by atoms with Crippen molar-refractivity contribution in [2.75, 3.05) is 22.9 Å². The lowest BCUT2D eigenvalue weighted by atomic mass is 9.99. The molecule has 3 heterocycles. The van der Waals surface area contributed by atoms with Crippen molar-refractivity contribution < 1.29 is 21.6 Å². The number of benzene rings is 1. The number of piperidine rings is 1. The van der Waals surface area contributed by atoms with Gasteiger partial charge >= 0.3 is 6.18 Å². The summed E-state index contributed by atoms with van der Waals surface area (Å²) in [5.41, 5.74) is 2.80. The topological polar surface area (TPSA) is 66.4 Å². The SMILES string of the molecule is O=S(=O)(c1ccc(N2CCC(N(c3ccc(C(F)(F)F)nc3)c3cnccc3C3CC3)CC2)cc1)C1CC1. The first-order chi connectivity index (χ1) is 18.2. The van der Waals surface area contributed by atoms with E-state index in [-0.39, 0.29) is 11.3 Å². The minimum absolute atomic E-state index is 0.0565. The second-order valence-electron chi connectivity index (χ2n) is 10.4. The van der Waals surface area contributed by atoms with Gasteiger partial charge in [-0.1, -0.05) is 0 Å². The standard InChI is InChI=1S/C28H29F3N4O2S/c29-28(30,31)27-10-5-22(17-33-27)35(26-18-32-14-11-25(26)19-1-2-19)21-12-15-34(16-13-21)20-3-6-23(7-4-20)38(36,37)24-8-9-24/h3-7,10-11,14,17-19,21,24H,1-2,8-9,12-13,15-16H2. The Labute approximate surface area is 220 Å². The zero-order valence-corrected chi connectivity index (χ0v) is 21.6. The summed E-state index contributed by atoms with van der Waals surface area (Å²) >= 11 is 0. The molecule has 0 N–H and O–H groups in total. The fourth-order valence-electron chi connectivity index (χ4n) is 5.38. The Kier molecular flexibility index (Phi) is 6.32. The number of nitrogens with zero attached hydrogens (tertiary/aromatic N) is 4. The number of rotatable bonds is 7. The lowest BCUT2D eigenvalue weighted by Crippen LogP contribution is -2.43. The molecule has 3 aromatic rings. The molecule has 0 spiro atoms. The van der Waals surface area contributed by atoms with Crippen LogP contribution in [0.2, 0.25) is 0 Å². The van der Waals surface area contributed by atoms with Crippen LogP contribution in [0, 0.1) is 0 Å². The first-order valence-electron chi connectivity index (χ1n) is 13.1. The van der Waals surface area contributed by atoms with E-state index in [4.69, 9.17) is 0 Å². The molecule has 0 unspecified atom stereocenters. The van der Waals surface area contributed by atoms with Crippen LogP contribution in [0.15, 0.2) is 66.0 Å². The Morgan fingerprint density at radius 3 is 2.16 bits per heavy atom. The molecule has 38 heavy (non-hydrogen) atoms. The molecule has 0 bridgehead atoms. The van der Waals surface area contributed by atoms with E-state index in [0.29, 0.717) is 16.5 Å². The number of hydrogen-bond donors (Lipinski definition) is 0. The van der Waals surface area contributed by atoms with Gasteiger partial charge in [0.05, 0.1) is 33.9 Å². The zero-order chi connectivity index (χ0) is 26.5. The highest BCUT2D eigenvalue weighted by Crippen LogP contribution is 2.46. The molecular weight excluding hydrogens is 513 g/mol. The number of sulfone groups is 1. The minimum Gasteiger partial charge on any atom is -0.371 e. The van der Waals surface area contributed by atoms with Crippen LogP contribution in [0.3, 0.4) is 0 Å². The monoisotopic (exact) mass is 542 g/mol. The summed E-state index contributed by atoms with van der Waals surface area (Å²) in [7, 11) is -3.22. The molecule has 0 amide bonds. The number of pyridine rings is 2. The second-order valence-corrected chi connectivity index (χ2v) is 12.7. The Hall–Kier alpha value is -3.14. The van der Waals surface area contributed by atoms with Gasteiger partial charge in [-0.05, 0) is 92.5 Å². The third kappa shape index (κ3) is 4.98. The van der Waals surface area contributed by atoms with Crippen LogP contribution >= 0.6 is 0 Å². The lowest BCUT2D eigenvalue weighted by Gasteiger charge is -2.41. The molecule has 200 valence electrons. The van der Waals surface area contributed by atoms with Crippen molar-refractivity contribution in [1.29, 1.82) is 0 Å².